The van der Waals surface area contributed by atoms with Crippen LogP contribution in [0, 0.1) is 6.92 Å². The summed E-state index contributed by atoms with van der Waals surface area (Å²) in [4.78, 5) is 52.8. The third kappa shape index (κ3) is 6.45. The smallest absolute Gasteiger partial charge is 0.322 e. The van der Waals surface area contributed by atoms with Crippen molar-refractivity contribution in [3.63, 3.8) is 0 Å². The lowest BCUT2D eigenvalue weighted by atomic mass is 9.74. The number of carboxylic acid groups (broad SMARTS) is 1. The van der Waals surface area contributed by atoms with E-state index in [-0.39, 0.29) is 22.4 Å². The van der Waals surface area contributed by atoms with Gasteiger partial charge < -0.3 is 80.4 Å². The van der Waals surface area contributed by atoms with Gasteiger partial charge in [0.25, 0.3) is 5.91 Å². The van der Waals surface area contributed by atoms with Crippen molar-refractivity contribution >= 4 is 23.4 Å². The summed E-state index contributed by atoms with van der Waals surface area (Å²) in [6.07, 6.45) is -18.1. The van der Waals surface area contributed by atoms with Crippen molar-refractivity contribution in [1.29, 1.82) is 0 Å². The summed E-state index contributed by atoms with van der Waals surface area (Å²) < 4.78 is 22.3. The molecule has 0 bridgehead atoms. The van der Waals surface area contributed by atoms with Crippen molar-refractivity contribution in [1.82, 2.24) is 5.32 Å². The van der Waals surface area contributed by atoms with Crippen LogP contribution in [0.4, 0.5) is 0 Å². The zero-order valence-corrected chi connectivity index (χ0v) is 29.8. The number of ether oxygens (including phenoxy) is 4. The highest BCUT2D eigenvalue weighted by atomic mass is 16.7. The van der Waals surface area contributed by atoms with Gasteiger partial charge in [-0.25, -0.2) is 0 Å². The third-order valence-electron chi connectivity index (χ3n) is 10.5. The van der Waals surface area contributed by atoms with E-state index in [2.05, 4.69) is 5.32 Å². The summed E-state index contributed by atoms with van der Waals surface area (Å²) in [5.74, 6) is -7.63. The number of fused-ring (bicyclic) bond motifs is 5. The Hall–Kier alpha value is -5.26. The number of carbonyl (C=O) groups excluding carboxylic acids is 3. The first kappa shape index (κ1) is 40.0. The Balaban J connectivity index is 1.37. The van der Waals surface area contributed by atoms with Gasteiger partial charge in [0.15, 0.2) is 17.9 Å². The molecule has 20 nitrogen and oxygen atoms in total. The van der Waals surface area contributed by atoms with Crippen LogP contribution in [0.1, 0.15) is 78.0 Å². The van der Waals surface area contributed by atoms with Crippen molar-refractivity contribution in [3.8, 4) is 34.1 Å². The lowest BCUT2D eigenvalue weighted by molar-refractivity contribution is -0.312. The molecule has 2 aliphatic heterocycles. The molecule has 3 aromatic rings. The molecule has 2 fully saturated rings. The summed E-state index contributed by atoms with van der Waals surface area (Å²) in [7, 11) is 0. The molecule has 12 N–H and O–H groups in total. The molecular weight excluding hydrogens is 762 g/mol. The van der Waals surface area contributed by atoms with Crippen molar-refractivity contribution in [2.45, 2.75) is 81.4 Å². The minimum absolute atomic E-state index is 0.00190. The summed E-state index contributed by atoms with van der Waals surface area (Å²) >= 11 is 0. The first-order valence-corrected chi connectivity index (χ1v) is 17.4. The Morgan fingerprint density at radius 2 is 1.40 bits per heavy atom. The van der Waals surface area contributed by atoms with Crippen molar-refractivity contribution in [2.75, 3.05) is 13.2 Å². The fourth-order valence-electron chi connectivity index (χ4n) is 7.56. The van der Waals surface area contributed by atoms with Gasteiger partial charge in [0.1, 0.15) is 78.4 Å². The molecule has 2 aliphatic carbocycles. The van der Waals surface area contributed by atoms with Crippen LogP contribution in [-0.2, 0) is 19.0 Å². The number of hydrogen-bond acceptors (Lipinski definition) is 18. The molecule has 0 aromatic heterocycles. The second-order valence-electron chi connectivity index (χ2n) is 14.1. The van der Waals surface area contributed by atoms with Crippen LogP contribution >= 0.6 is 0 Å². The number of aliphatic carboxylic acids is 1. The molecule has 57 heavy (non-hydrogen) atoms. The van der Waals surface area contributed by atoms with Gasteiger partial charge >= 0.3 is 5.97 Å². The van der Waals surface area contributed by atoms with Gasteiger partial charge in [0.2, 0.25) is 6.29 Å². The van der Waals surface area contributed by atoms with E-state index in [1.165, 1.54) is 19.9 Å². The molecule has 4 aliphatic rings. The van der Waals surface area contributed by atoms with E-state index < -0.39 is 160 Å². The maximum Gasteiger partial charge on any atom is 0.322 e. The van der Waals surface area contributed by atoms with Crippen molar-refractivity contribution in [3.05, 3.63) is 68.8 Å². The van der Waals surface area contributed by atoms with Gasteiger partial charge in [-0.2, -0.15) is 0 Å². The van der Waals surface area contributed by atoms with E-state index in [4.69, 9.17) is 24.1 Å². The molecule has 0 spiro atoms. The maximum atomic E-state index is 14.2. The lowest BCUT2D eigenvalue weighted by Gasteiger charge is -2.42. The number of hydrogen-bond donors (Lipinski definition) is 12. The second kappa shape index (κ2) is 14.6. The van der Waals surface area contributed by atoms with Crippen molar-refractivity contribution < 1.29 is 94.3 Å². The Morgan fingerprint density at radius 3 is 2.09 bits per heavy atom. The molecule has 7 rings (SSSR count). The fraction of sp³-hybridized carbons (Fsp3) is 0.405. The highest BCUT2D eigenvalue weighted by Crippen LogP contribution is 2.57. The molecule has 3 aromatic carbocycles. The van der Waals surface area contributed by atoms with Gasteiger partial charge in [-0.3, -0.25) is 19.2 Å². The number of carbonyl (C=O) groups is 4. The van der Waals surface area contributed by atoms with Crippen LogP contribution in [0.15, 0.2) is 24.3 Å². The van der Waals surface area contributed by atoms with Gasteiger partial charge in [-0.15, -0.1) is 0 Å². The van der Waals surface area contributed by atoms with Gasteiger partial charge in [0, 0.05) is 28.3 Å². The Labute approximate surface area is 320 Å². The van der Waals surface area contributed by atoms with E-state index >= 15 is 0 Å². The molecule has 11 atom stereocenters. The summed E-state index contributed by atoms with van der Waals surface area (Å²) in [5.41, 5.74) is -4.21. The molecule has 1 amide bonds. The number of phenolic OH excluding ortho intramolecular Hbond substituents is 3. The van der Waals surface area contributed by atoms with Gasteiger partial charge in [-0.1, -0.05) is 6.07 Å². The molecule has 2 heterocycles. The summed E-state index contributed by atoms with van der Waals surface area (Å²) in [6, 6.07) is 4.13. The van der Waals surface area contributed by atoms with Crippen LogP contribution in [0.5, 0.6) is 23.0 Å². The van der Waals surface area contributed by atoms with Crippen LogP contribution in [0.2, 0.25) is 0 Å². The van der Waals surface area contributed by atoms with Crippen molar-refractivity contribution in [2.24, 2.45) is 0 Å². The topological polar surface area (TPSA) is 340 Å². The molecule has 0 radical (unpaired) electrons. The third-order valence-corrected chi connectivity index (χ3v) is 10.5. The van der Waals surface area contributed by atoms with Crippen LogP contribution in [-0.4, -0.2) is 148 Å². The number of aryl methyl sites for hydroxylation is 1. The minimum atomic E-state index is -1.92. The zero-order chi connectivity index (χ0) is 41.5. The number of ketones is 2. The number of nitrogens with one attached hydrogen (secondary N) is 1. The fourth-order valence-corrected chi connectivity index (χ4v) is 7.56. The predicted molar refractivity (Wildman–Crippen MR) is 184 cm³/mol. The number of phenols is 3. The lowest BCUT2D eigenvalue weighted by Crippen LogP contribution is -2.57. The monoisotopic (exact) mass is 799 g/mol. The number of rotatable bonds is 7. The zero-order valence-electron chi connectivity index (χ0n) is 29.8. The number of aliphatic hydroxyl groups excluding tert-OH is 7. The Kier molecular flexibility index (Phi) is 10.2. The number of aromatic hydroxyl groups is 3. The molecule has 2 saturated heterocycles. The molecule has 20 heteroatoms. The number of amides is 1. The van der Waals surface area contributed by atoms with E-state index in [1.54, 1.807) is 0 Å². The molecule has 11 unspecified atom stereocenters. The molecular formula is C37H37NO19. The highest BCUT2D eigenvalue weighted by Gasteiger charge is 2.48. The summed E-state index contributed by atoms with van der Waals surface area (Å²) in [6.45, 7) is 1.41. The van der Waals surface area contributed by atoms with E-state index in [0.29, 0.717) is 0 Å². The molecule has 304 valence electrons. The average molecular weight is 800 g/mol. The van der Waals surface area contributed by atoms with E-state index in [0.717, 1.165) is 18.2 Å². The highest BCUT2D eigenvalue weighted by molar-refractivity contribution is 6.31. The SMILES string of the molecule is Cc1cc2c(c(O)c1C(=O)NCC(=O)O)-c1c(cc3c(c1O)C(=O)c1cc(OC4OCC(O)C(O)C4O)cc(O)c1C3=O)C(O)C2OC1OC(C)C(O)C(O)C1O. The van der Waals surface area contributed by atoms with Crippen LogP contribution in [0.3, 0.4) is 0 Å². The van der Waals surface area contributed by atoms with Crippen LogP contribution in [0.25, 0.3) is 11.1 Å². The average Bonchev–Trinajstić information content (AvgIpc) is 3.15. The first-order chi connectivity index (χ1) is 26.8. The molecule has 0 saturated carbocycles. The van der Waals surface area contributed by atoms with E-state index in [1.807, 2.05) is 0 Å². The number of carboxylic acids is 1. The standard InChI is InChI=1S/C37H37NO19/c1-9-3-15-22(29(48)19(9)35(53)38-7-18(41)42)21-13(27(46)34(15)57-37-33(52)31(50)24(43)10(2)55-37)6-14-23(30(21)49)26(45)12-4-11(5-16(39)20(12)25(14)44)56-36-32(51)28(47)17(40)8-54-36/h3-6,10,17,24,27-28,31-34,36-37,39-40,43,46-52H,7-8H2,1-2H3,(H,38,53)(H,41,42). The van der Waals surface area contributed by atoms with Gasteiger partial charge in [0.05, 0.1) is 29.4 Å². The first-order valence-electron chi connectivity index (χ1n) is 17.4. The number of aliphatic hydroxyl groups is 7. The summed E-state index contributed by atoms with van der Waals surface area (Å²) in [5, 5.41) is 120. The normalized spacial score (nSPS) is 30.4. The number of benzene rings is 3. The second-order valence-corrected chi connectivity index (χ2v) is 14.1. The Bertz CT molecular complexity index is 2210. The largest absolute Gasteiger partial charge is 0.507 e. The maximum absolute atomic E-state index is 14.2. The minimum Gasteiger partial charge on any atom is -0.507 e. The quantitative estimate of drug-likeness (QED) is 0.0973. The predicted octanol–water partition coefficient (Wildman–Crippen LogP) is -1.88. The van der Waals surface area contributed by atoms with E-state index in [9.17, 15) is 70.2 Å². The van der Waals surface area contributed by atoms with Crippen LogP contribution < -0.4 is 10.1 Å². The Morgan fingerprint density at radius 1 is 0.772 bits per heavy atom. The van der Waals surface area contributed by atoms with Gasteiger partial charge in [-0.05, 0) is 42.7 Å².